The smallest absolute Gasteiger partial charge is 0.0897 e. The average molecular weight is 213 g/mol. The summed E-state index contributed by atoms with van der Waals surface area (Å²) in [5.74, 6) is 0. The number of nitrogens with zero attached hydrogens (tertiary/aromatic N) is 1. The van der Waals surface area contributed by atoms with Gasteiger partial charge in [-0.1, -0.05) is 0 Å². The van der Waals surface area contributed by atoms with E-state index in [1.807, 2.05) is 20.0 Å². The van der Waals surface area contributed by atoms with Crippen molar-refractivity contribution in [3.63, 3.8) is 0 Å². The van der Waals surface area contributed by atoms with E-state index >= 15 is 0 Å². The zero-order chi connectivity index (χ0) is 10.4. The molecule has 80 valence electrons. The topological polar surface area (TPSA) is 50.9 Å². The quantitative estimate of drug-likeness (QED) is 0.707. The first-order chi connectivity index (χ1) is 6.68. The summed E-state index contributed by atoms with van der Waals surface area (Å²) in [6, 6.07) is 0.322. The van der Waals surface area contributed by atoms with E-state index in [0.717, 1.165) is 30.9 Å². The maximum Gasteiger partial charge on any atom is 0.0897 e. The summed E-state index contributed by atoms with van der Waals surface area (Å²) in [7, 11) is 0. The number of aromatic nitrogens is 1. The van der Waals surface area contributed by atoms with Gasteiger partial charge in [0.2, 0.25) is 0 Å². The largest absolute Gasteiger partial charge is 0.328 e. The van der Waals surface area contributed by atoms with Crippen molar-refractivity contribution in [2.45, 2.75) is 39.3 Å². The summed E-state index contributed by atoms with van der Waals surface area (Å²) in [6.07, 6.45) is 4.18. The molecule has 1 unspecified atom stereocenters. The third kappa shape index (κ3) is 4.69. The van der Waals surface area contributed by atoms with E-state index in [-0.39, 0.29) is 0 Å². The van der Waals surface area contributed by atoms with E-state index in [2.05, 4.69) is 10.3 Å². The zero-order valence-electron chi connectivity index (χ0n) is 8.92. The lowest BCUT2D eigenvalue weighted by Crippen LogP contribution is -2.19. The van der Waals surface area contributed by atoms with Gasteiger partial charge in [-0.3, -0.25) is 0 Å². The van der Waals surface area contributed by atoms with Gasteiger partial charge in [0, 0.05) is 23.7 Å². The minimum absolute atomic E-state index is 0.322. The van der Waals surface area contributed by atoms with E-state index in [0.29, 0.717) is 6.04 Å². The van der Waals surface area contributed by atoms with Crippen molar-refractivity contribution in [1.29, 1.82) is 0 Å². The molecular formula is C10H19N3S. The van der Waals surface area contributed by atoms with Crippen molar-refractivity contribution >= 4 is 11.3 Å². The first-order valence-corrected chi connectivity index (χ1v) is 5.87. The second-order valence-electron chi connectivity index (χ2n) is 3.64. The highest BCUT2D eigenvalue weighted by Gasteiger charge is 1.97. The molecule has 0 amide bonds. The Morgan fingerprint density at radius 1 is 1.64 bits per heavy atom. The molecule has 3 nitrogen and oxygen atoms in total. The maximum absolute atomic E-state index is 5.65. The van der Waals surface area contributed by atoms with E-state index in [1.54, 1.807) is 11.3 Å². The van der Waals surface area contributed by atoms with Crippen LogP contribution in [0.1, 0.15) is 29.7 Å². The third-order valence-corrected chi connectivity index (χ3v) is 2.89. The lowest BCUT2D eigenvalue weighted by atomic mass is 10.2. The maximum atomic E-state index is 5.65. The molecule has 0 fully saturated rings. The van der Waals surface area contributed by atoms with Gasteiger partial charge in [-0.15, -0.1) is 11.3 Å². The van der Waals surface area contributed by atoms with Gasteiger partial charge in [0.1, 0.15) is 0 Å². The molecule has 0 bridgehead atoms. The van der Waals surface area contributed by atoms with Crippen molar-refractivity contribution in [3.05, 3.63) is 16.1 Å². The number of aryl methyl sites for hydroxylation is 1. The van der Waals surface area contributed by atoms with Crippen LogP contribution >= 0.6 is 11.3 Å². The SMILES string of the molecule is Cc1ncc(CNCCCC(C)N)s1. The molecule has 1 rings (SSSR count). The summed E-state index contributed by atoms with van der Waals surface area (Å²) < 4.78 is 0. The number of rotatable bonds is 6. The van der Waals surface area contributed by atoms with Crippen LogP contribution in [0, 0.1) is 6.92 Å². The Labute approximate surface area is 89.7 Å². The Hall–Kier alpha value is -0.450. The average Bonchev–Trinajstić information content (AvgIpc) is 2.50. The Balaban J connectivity index is 2.04. The fourth-order valence-corrected chi connectivity index (χ4v) is 2.01. The fraction of sp³-hybridized carbons (Fsp3) is 0.700. The molecule has 0 aliphatic carbocycles. The molecule has 0 saturated heterocycles. The summed E-state index contributed by atoms with van der Waals surface area (Å²) in [4.78, 5) is 5.51. The Morgan fingerprint density at radius 2 is 2.43 bits per heavy atom. The molecule has 1 heterocycles. The van der Waals surface area contributed by atoms with Crippen LogP contribution in [0.3, 0.4) is 0 Å². The standard InChI is InChI=1S/C10H19N3S/c1-8(11)4-3-5-12-6-10-7-13-9(2)14-10/h7-8,12H,3-6,11H2,1-2H3. The normalized spacial score (nSPS) is 13.1. The van der Waals surface area contributed by atoms with Gasteiger partial charge in [-0.25, -0.2) is 4.98 Å². The fourth-order valence-electron chi connectivity index (χ4n) is 1.25. The van der Waals surface area contributed by atoms with Crippen molar-refractivity contribution in [2.24, 2.45) is 5.73 Å². The summed E-state index contributed by atoms with van der Waals surface area (Å²) in [5.41, 5.74) is 5.65. The molecule has 0 aliphatic heterocycles. The third-order valence-electron chi connectivity index (χ3n) is 1.98. The highest BCUT2D eigenvalue weighted by molar-refractivity contribution is 7.11. The molecule has 1 aromatic rings. The predicted octanol–water partition coefficient (Wildman–Crippen LogP) is 1.67. The van der Waals surface area contributed by atoms with Gasteiger partial charge in [-0.2, -0.15) is 0 Å². The highest BCUT2D eigenvalue weighted by Crippen LogP contribution is 2.10. The van der Waals surface area contributed by atoms with Gasteiger partial charge in [0.25, 0.3) is 0 Å². The second kappa shape index (κ2) is 6.11. The molecule has 0 radical (unpaired) electrons. The van der Waals surface area contributed by atoms with Crippen LogP contribution < -0.4 is 11.1 Å². The first-order valence-electron chi connectivity index (χ1n) is 5.06. The number of nitrogens with one attached hydrogen (secondary N) is 1. The van der Waals surface area contributed by atoms with Gasteiger partial charge >= 0.3 is 0 Å². The van der Waals surface area contributed by atoms with Crippen molar-refractivity contribution in [1.82, 2.24) is 10.3 Å². The van der Waals surface area contributed by atoms with Crippen LogP contribution in [-0.4, -0.2) is 17.6 Å². The van der Waals surface area contributed by atoms with Gasteiger partial charge < -0.3 is 11.1 Å². The van der Waals surface area contributed by atoms with Crippen LogP contribution in [0.25, 0.3) is 0 Å². The highest BCUT2D eigenvalue weighted by atomic mass is 32.1. The van der Waals surface area contributed by atoms with Crippen LogP contribution in [0.5, 0.6) is 0 Å². The van der Waals surface area contributed by atoms with Crippen LogP contribution in [-0.2, 0) is 6.54 Å². The van der Waals surface area contributed by atoms with Gasteiger partial charge in [0.05, 0.1) is 5.01 Å². The van der Waals surface area contributed by atoms with Crippen LogP contribution in [0.4, 0.5) is 0 Å². The first kappa shape index (κ1) is 11.6. The molecular weight excluding hydrogens is 194 g/mol. The van der Waals surface area contributed by atoms with Crippen molar-refractivity contribution < 1.29 is 0 Å². The molecule has 4 heteroatoms. The second-order valence-corrected chi connectivity index (χ2v) is 4.96. The van der Waals surface area contributed by atoms with E-state index < -0.39 is 0 Å². The zero-order valence-corrected chi connectivity index (χ0v) is 9.73. The minimum Gasteiger partial charge on any atom is -0.328 e. The van der Waals surface area contributed by atoms with Gasteiger partial charge in [-0.05, 0) is 33.2 Å². The number of nitrogens with two attached hydrogens (primary N) is 1. The molecule has 1 aromatic heterocycles. The Bertz CT molecular complexity index is 258. The molecule has 0 saturated carbocycles. The summed E-state index contributed by atoms with van der Waals surface area (Å²) >= 11 is 1.75. The number of hydrogen-bond donors (Lipinski definition) is 2. The predicted molar refractivity (Wildman–Crippen MR) is 61.4 cm³/mol. The number of hydrogen-bond acceptors (Lipinski definition) is 4. The minimum atomic E-state index is 0.322. The lowest BCUT2D eigenvalue weighted by molar-refractivity contribution is 0.576. The summed E-state index contributed by atoms with van der Waals surface area (Å²) in [6.45, 7) is 6.06. The molecule has 3 N–H and O–H groups in total. The molecule has 14 heavy (non-hydrogen) atoms. The lowest BCUT2D eigenvalue weighted by Gasteiger charge is -2.05. The van der Waals surface area contributed by atoms with E-state index in [9.17, 15) is 0 Å². The molecule has 0 aromatic carbocycles. The number of thiazole rings is 1. The van der Waals surface area contributed by atoms with Crippen LogP contribution in [0.15, 0.2) is 6.20 Å². The van der Waals surface area contributed by atoms with Crippen molar-refractivity contribution in [3.8, 4) is 0 Å². The van der Waals surface area contributed by atoms with Gasteiger partial charge in [0.15, 0.2) is 0 Å². The van der Waals surface area contributed by atoms with Crippen molar-refractivity contribution in [2.75, 3.05) is 6.54 Å². The monoisotopic (exact) mass is 213 g/mol. The molecule has 0 aliphatic rings. The van der Waals surface area contributed by atoms with E-state index in [4.69, 9.17) is 5.73 Å². The van der Waals surface area contributed by atoms with E-state index in [1.165, 1.54) is 4.88 Å². The molecule has 1 atom stereocenters. The van der Waals surface area contributed by atoms with Crippen LogP contribution in [0.2, 0.25) is 0 Å². The Morgan fingerprint density at radius 3 is 3.00 bits per heavy atom. The Kier molecular flexibility index (Phi) is 5.07. The summed E-state index contributed by atoms with van der Waals surface area (Å²) in [5, 5.41) is 4.52. The molecule has 0 spiro atoms.